The summed E-state index contributed by atoms with van der Waals surface area (Å²) in [5.74, 6) is -0.813. The molecule has 2 aromatic carbocycles. The highest BCUT2D eigenvalue weighted by Crippen LogP contribution is 2.58. The molecule has 1 spiro atoms. The van der Waals surface area contributed by atoms with E-state index >= 15 is 0 Å². The zero-order valence-electron chi connectivity index (χ0n) is 15.3. The summed E-state index contributed by atoms with van der Waals surface area (Å²) < 4.78 is 15.1. The van der Waals surface area contributed by atoms with E-state index in [0.717, 1.165) is 11.6 Å². The van der Waals surface area contributed by atoms with Crippen molar-refractivity contribution >= 4 is 28.4 Å². The largest absolute Gasteiger partial charge is 0.340 e. The number of amides is 2. The molecule has 1 saturated heterocycles. The molecule has 0 radical (unpaired) electrons. The lowest BCUT2D eigenvalue weighted by atomic mass is 9.58. The highest BCUT2D eigenvalue weighted by atomic mass is 19.1. The van der Waals surface area contributed by atoms with E-state index in [1.807, 2.05) is 24.3 Å². The number of benzene rings is 2. The van der Waals surface area contributed by atoms with Gasteiger partial charge in [0.2, 0.25) is 11.8 Å². The highest BCUT2D eigenvalue weighted by Gasteiger charge is 2.69. The maximum absolute atomic E-state index is 13.7. The summed E-state index contributed by atoms with van der Waals surface area (Å²) in [6.07, 6.45) is 0.133. The SMILES string of the molecule is C[C@@]12NC(=O)[C@H](C[C@]13C(=O)Nc1ccccc13)n1c2nc2ccc(F)cc2c1=O. The molecule has 7 nitrogen and oxygen atoms in total. The fourth-order valence-corrected chi connectivity index (χ4v) is 5.31. The van der Waals surface area contributed by atoms with Crippen LogP contribution in [0.2, 0.25) is 0 Å². The second-order valence-corrected chi connectivity index (χ2v) is 8.01. The third kappa shape index (κ3) is 1.69. The Morgan fingerprint density at radius 2 is 1.97 bits per heavy atom. The molecular weight excluding hydrogens is 375 g/mol. The summed E-state index contributed by atoms with van der Waals surface area (Å²) in [6.45, 7) is 1.73. The molecule has 144 valence electrons. The van der Waals surface area contributed by atoms with Crippen LogP contribution in [-0.2, 0) is 20.5 Å². The van der Waals surface area contributed by atoms with Crippen LogP contribution in [0.1, 0.15) is 30.8 Å². The number of hydrogen-bond acceptors (Lipinski definition) is 4. The van der Waals surface area contributed by atoms with Crippen LogP contribution in [0.5, 0.6) is 0 Å². The lowest BCUT2D eigenvalue weighted by Crippen LogP contribution is -2.72. The molecule has 4 aliphatic heterocycles. The first kappa shape index (κ1) is 16.4. The third-order valence-corrected chi connectivity index (χ3v) is 6.67. The predicted octanol–water partition coefficient (Wildman–Crippen LogP) is 1.72. The van der Waals surface area contributed by atoms with Gasteiger partial charge in [0.1, 0.15) is 28.6 Å². The monoisotopic (exact) mass is 390 g/mol. The first-order valence-electron chi connectivity index (χ1n) is 9.32. The van der Waals surface area contributed by atoms with Crippen LogP contribution < -0.4 is 16.2 Å². The maximum Gasteiger partial charge on any atom is 0.262 e. The number of carbonyl (C=O) groups is 2. The number of para-hydroxylation sites is 1. The van der Waals surface area contributed by atoms with Crippen LogP contribution in [0.4, 0.5) is 10.1 Å². The minimum atomic E-state index is -1.24. The summed E-state index contributed by atoms with van der Waals surface area (Å²) >= 11 is 0. The number of hydrogen-bond donors (Lipinski definition) is 2. The molecule has 7 rings (SSSR count). The van der Waals surface area contributed by atoms with E-state index in [9.17, 15) is 18.8 Å². The van der Waals surface area contributed by atoms with E-state index in [2.05, 4.69) is 15.6 Å². The van der Waals surface area contributed by atoms with Crippen LogP contribution in [0, 0.1) is 5.82 Å². The minimum Gasteiger partial charge on any atom is -0.340 e. The highest BCUT2D eigenvalue weighted by molar-refractivity contribution is 6.09. The van der Waals surface area contributed by atoms with E-state index in [1.165, 1.54) is 16.7 Å². The van der Waals surface area contributed by atoms with Crippen molar-refractivity contribution in [3.8, 4) is 0 Å². The first-order chi connectivity index (χ1) is 13.9. The van der Waals surface area contributed by atoms with Crippen LogP contribution in [0.15, 0.2) is 47.3 Å². The van der Waals surface area contributed by atoms with Gasteiger partial charge in [-0.05, 0) is 43.2 Å². The molecule has 29 heavy (non-hydrogen) atoms. The van der Waals surface area contributed by atoms with E-state index in [1.54, 1.807) is 6.92 Å². The molecule has 1 fully saturated rings. The molecule has 2 N–H and O–H groups in total. The van der Waals surface area contributed by atoms with Gasteiger partial charge in [-0.2, -0.15) is 0 Å². The zero-order valence-corrected chi connectivity index (χ0v) is 15.3. The Bertz CT molecular complexity index is 1350. The number of nitrogens with zero attached hydrogens (tertiary/aromatic N) is 2. The summed E-state index contributed by atoms with van der Waals surface area (Å²) in [5, 5.41) is 5.99. The van der Waals surface area contributed by atoms with Gasteiger partial charge in [-0.15, -0.1) is 0 Å². The normalized spacial score (nSPS) is 29.0. The number of fused-ring (bicyclic) bond motifs is 3. The molecule has 0 unspecified atom stereocenters. The van der Waals surface area contributed by atoms with Gasteiger partial charge in [0, 0.05) is 5.69 Å². The Hall–Kier alpha value is -3.55. The number of piperidine rings is 1. The van der Waals surface area contributed by atoms with Crippen molar-refractivity contribution in [2.45, 2.75) is 30.3 Å². The van der Waals surface area contributed by atoms with Crippen molar-refractivity contribution < 1.29 is 14.0 Å². The van der Waals surface area contributed by atoms with Crippen molar-refractivity contribution in [1.29, 1.82) is 0 Å². The molecular formula is C21H15FN4O3. The van der Waals surface area contributed by atoms with Gasteiger partial charge in [0.15, 0.2) is 0 Å². The first-order valence-corrected chi connectivity index (χ1v) is 9.32. The number of aromatic nitrogens is 2. The Morgan fingerprint density at radius 1 is 1.17 bits per heavy atom. The van der Waals surface area contributed by atoms with Gasteiger partial charge < -0.3 is 10.6 Å². The number of rotatable bonds is 0. The van der Waals surface area contributed by atoms with E-state index in [-0.39, 0.29) is 23.6 Å². The van der Waals surface area contributed by atoms with E-state index in [0.29, 0.717) is 17.0 Å². The van der Waals surface area contributed by atoms with E-state index in [4.69, 9.17) is 0 Å². The molecule has 0 saturated carbocycles. The standard InChI is InChI=1S/C21H15FN4O3/c1-20-18-23-13-7-6-10(22)8-11(13)17(28)26(18)15(16(27)25-20)9-21(20)12-4-2-3-5-14(12)24-19(21)29/h2-8,15H,9H2,1H3,(H,24,29)(H,25,27)/t15-,20-,21-/m0/s1. The molecule has 4 aliphatic rings. The minimum absolute atomic E-state index is 0.114. The maximum atomic E-state index is 13.7. The lowest BCUT2D eigenvalue weighted by Gasteiger charge is -2.55. The summed E-state index contributed by atoms with van der Waals surface area (Å²) in [6, 6.07) is 10.3. The topological polar surface area (TPSA) is 93.1 Å². The van der Waals surface area contributed by atoms with Crippen molar-refractivity contribution in [3.05, 3.63) is 70.0 Å². The Kier molecular flexibility index (Phi) is 2.77. The Balaban J connectivity index is 1.73. The van der Waals surface area contributed by atoms with Crippen LogP contribution in [0.3, 0.4) is 0 Å². The van der Waals surface area contributed by atoms with Crippen LogP contribution >= 0.6 is 0 Å². The second kappa shape index (κ2) is 4.89. The molecule has 8 heteroatoms. The lowest BCUT2D eigenvalue weighted by molar-refractivity contribution is -0.142. The fraction of sp³-hybridized carbons (Fsp3) is 0.238. The van der Waals surface area contributed by atoms with Gasteiger partial charge in [-0.3, -0.25) is 19.0 Å². The van der Waals surface area contributed by atoms with Gasteiger partial charge >= 0.3 is 0 Å². The Labute approximate surface area is 163 Å². The van der Waals surface area contributed by atoms with Crippen molar-refractivity contribution in [2.75, 3.05) is 5.32 Å². The van der Waals surface area contributed by atoms with Crippen molar-refractivity contribution in [1.82, 2.24) is 14.9 Å². The van der Waals surface area contributed by atoms with Crippen molar-refractivity contribution in [2.24, 2.45) is 0 Å². The summed E-state index contributed by atoms with van der Waals surface area (Å²) in [5.41, 5.74) is -1.01. The van der Waals surface area contributed by atoms with E-state index < -0.39 is 28.4 Å². The number of halogens is 1. The number of carbonyl (C=O) groups excluding carboxylic acids is 2. The molecule has 5 heterocycles. The molecule has 2 amide bonds. The summed E-state index contributed by atoms with van der Waals surface area (Å²) in [4.78, 5) is 44.0. The predicted molar refractivity (Wildman–Crippen MR) is 102 cm³/mol. The van der Waals surface area contributed by atoms with Crippen LogP contribution in [-0.4, -0.2) is 21.4 Å². The molecule has 0 aliphatic carbocycles. The third-order valence-electron chi connectivity index (χ3n) is 6.67. The Morgan fingerprint density at radius 3 is 2.79 bits per heavy atom. The average molecular weight is 390 g/mol. The van der Waals surface area contributed by atoms with Crippen LogP contribution in [0.25, 0.3) is 10.9 Å². The zero-order chi connectivity index (χ0) is 20.1. The number of nitrogens with one attached hydrogen (secondary N) is 2. The second-order valence-electron chi connectivity index (χ2n) is 8.01. The molecule has 3 aromatic rings. The summed E-state index contributed by atoms with van der Waals surface area (Å²) in [7, 11) is 0. The van der Waals surface area contributed by atoms with Gasteiger partial charge in [-0.25, -0.2) is 9.37 Å². The quantitative estimate of drug-likeness (QED) is 0.611. The molecule has 3 atom stereocenters. The van der Waals surface area contributed by atoms with Gasteiger partial charge in [0.25, 0.3) is 5.56 Å². The molecule has 1 aromatic heterocycles. The molecule has 2 bridgehead atoms. The van der Waals surface area contributed by atoms with Crippen molar-refractivity contribution in [3.63, 3.8) is 0 Å². The fourth-order valence-electron chi connectivity index (χ4n) is 5.31. The average Bonchev–Trinajstić information content (AvgIpc) is 2.97. The van der Waals surface area contributed by atoms with Gasteiger partial charge in [0.05, 0.1) is 10.9 Å². The smallest absolute Gasteiger partial charge is 0.262 e. The van der Waals surface area contributed by atoms with Gasteiger partial charge in [-0.1, -0.05) is 18.2 Å². The number of anilines is 1.